The van der Waals surface area contributed by atoms with E-state index in [-0.39, 0.29) is 0 Å². The van der Waals surface area contributed by atoms with E-state index in [4.69, 9.17) is 5.73 Å². The quantitative estimate of drug-likeness (QED) is 0.639. The van der Waals surface area contributed by atoms with Crippen molar-refractivity contribution in [3.8, 4) is 0 Å². The molecule has 0 aliphatic carbocycles. The summed E-state index contributed by atoms with van der Waals surface area (Å²) in [5.41, 5.74) is 6.40. The average Bonchev–Trinajstić information content (AvgIpc) is 2.07. The Bertz CT molecular complexity index is 216. The van der Waals surface area contributed by atoms with Crippen LogP contribution < -0.4 is 5.73 Å². The van der Waals surface area contributed by atoms with Gasteiger partial charge in [-0.15, -0.1) is 0 Å². The molecule has 0 fully saturated rings. The molecule has 1 aromatic carbocycles. The van der Waals surface area contributed by atoms with Gasteiger partial charge in [0.15, 0.2) is 0 Å². The van der Waals surface area contributed by atoms with Crippen LogP contribution in [0.2, 0.25) is 0 Å². The van der Waals surface area contributed by atoms with Gasteiger partial charge in [-0.1, -0.05) is 30.3 Å². The fraction of sp³-hybridized carbons (Fsp3) is 0.222. The average molecular weight is 148 g/mol. The Morgan fingerprint density at radius 1 is 1.27 bits per heavy atom. The maximum atomic E-state index is 5.28. The topological polar surface area (TPSA) is 38.4 Å². The zero-order chi connectivity index (χ0) is 7.94. The van der Waals surface area contributed by atoms with Gasteiger partial charge in [-0.2, -0.15) is 0 Å². The zero-order valence-electron chi connectivity index (χ0n) is 6.40. The van der Waals surface area contributed by atoms with Gasteiger partial charge in [-0.05, 0) is 5.56 Å². The molecule has 58 valence electrons. The van der Waals surface area contributed by atoms with Gasteiger partial charge in [-0.3, -0.25) is 4.99 Å². The fourth-order valence-corrected chi connectivity index (χ4v) is 0.784. The molecule has 0 aliphatic heterocycles. The summed E-state index contributed by atoms with van der Waals surface area (Å²) in [6, 6.07) is 9.99. The van der Waals surface area contributed by atoms with E-state index >= 15 is 0 Å². The number of nitrogens with two attached hydrogens (primary N) is 1. The van der Waals surface area contributed by atoms with E-state index in [1.54, 1.807) is 0 Å². The maximum Gasteiger partial charge on any atom is 0.0512 e. The Kier molecular flexibility index (Phi) is 3.35. The van der Waals surface area contributed by atoms with Crippen LogP contribution in [0.25, 0.3) is 0 Å². The van der Waals surface area contributed by atoms with Crippen molar-refractivity contribution >= 4 is 6.21 Å². The van der Waals surface area contributed by atoms with E-state index in [1.165, 1.54) is 0 Å². The van der Waals surface area contributed by atoms with Gasteiger partial charge in [0.25, 0.3) is 0 Å². The molecule has 2 N–H and O–H groups in total. The first kappa shape index (κ1) is 7.95. The second-order valence-electron chi connectivity index (χ2n) is 2.23. The summed E-state index contributed by atoms with van der Waals surface area (Å²) in [4.78, 5) is 4.11. The van der Waals surface area contributed by atoms with Crippen molar-refractivity contribution in [2.24, 2.45) is 10.7 Å². The molecule has 0 spiro atoms. The number of aliphatic imine (C=N–C) groups is 1. The molecule has 1 aromatic rings. The molecule has 0 bridgehead atoms. The normalized spacial score (nSPS) is 10.6. The molecule has 0 amide bonds. The van der Waals surface area contributed by atoms with Crippen LogP contribution in [0.4, 0.5) is 0 Å². The number of rotatable bonds is 3. The second-order valence-corrected chi connectivity index (χ2v) is 2.23. The van der Waals surface area contributed by atoms with Crippen molar-refractivity contribution in [2.75, 3.05) is 13.1 Å². The third kappa shape index (κ3) is 2.96. The molecular weight excluding hydrogens is 136 g/mol. The summed E-state index contributed by atoms with van der Waals surface area (Å²) in [6.45, 7) is 1.32. The first-order chi connectivity index (χ1) is 5.43. The van der Waals surface area contributed by atoms with Crippen LogP contribution in [-0.4, -0.2) is 19.3 Å². The molecule has 0 atom stereocenters. The molecule has 0 unspecified atom stereocenters. The minimum atomic E-state index is 0.614. The van der Waals surface area contributed by atoms with Gasteiger partial charge in [-0.25, -0.2) is 0 Å². The van der Waals surface area contributed by atoms with Crippen LogP contribution in [0.5, 0.6) is 0 Å². The molecule has 0 saturated heterocycles. The third-order valence-electron chi connectivity index (χ3n) is 1.30. The fourth-order valence-electron chi connectivity index (χ4n) is 0.784. The van der Waals surface area contributed by atoms with E-state index in [2.05, 4.69) is 4.99 Å². The molecule has 1 rings (SSSR count). The highest BCUT2D eigenvalue weighted by atomic mass is 14.7. The number of benzene rings is 1. The molecule has 0 aromatic heterocycles. The highest BCUT2D eigenvalue weighted by Gasteiger charge is 1.81. The van der Waals surface area contributed by atoms with Crippen molar-refractivity contribution in [3.05, 3.63) is 35.9 Å². The van der Waals surface area contributed by atoms with E-state index in [0.29, 0.717) is 13.1 Å². The maximum absolute atomic E-state index is 5.28. The van der Waals surface area contributed by atoms with Gasteiger partial charge in [0, 0.05) is 12.8 Å². The summed E-state index contributed by atoms with van der Waals surface area (Å²) in [5.74, 6) is 0. The van der Waals surface area contributed by atoms with Crippen LogP contribution in [-0.2, 0) is 0 Å². The Morgan fingerprint density at radius 3 is 2.64 bits per heavy atom. The van der Waals surface area contributed by atoms with Crippen LogP contribution in [0.1, 0.15) is 5.56 Å². The predicted octanol–water partition coefficient (Wildman–Crippen LogP) is 1.06. The molecule has 0 heterocycles. The molecule has 0 radical (unpaired) electrons. The van der Waals surface area contributed by atoms with Crippen LogP contribution >= 0.6 is 0 Å². The lowest BCUT2D eigenvalue weighted by Gasteiger charge is -1.89. The Hall–Kier alpha value is -1.15. The van der Waals surface area contributed by atoms with Gasteiger partial charge >= 0.3 is 0 Å². The number of nitrogens with zero attached hydrogens (tertiary/aromatic N) is 1. The molecular formula is C9H12N2. The van der Waals surface area contributed by atoms with Crippen molar-refractivity contribution in [1.82, 2.24) is 0 Å². The standard InChI is InChI=1S/C9H12N2/c10-6-7-11-8-9-4-2-1-3-5-9/h1-5,8H,6-7,10H2. The number of hydrogen-bond acceptors (Lipinski definition) is 2. The predicted molar refractivity (Wildman–Crippen MR) is 48.0 cm³/mol. The lowest BCUT2D eigenvalue weighted by Crippen LogP contribution is -2.02. The summed E-state index contributed by atoms with van der Waals surface area (Å²) >= 11 is 0. The van der Waals surface area contributed by atoms with Crippen molar-refractivity contribution in [3.63, 3.8) is 0 Å². The summed E-state index contributed by atoms with van der Waals surface area (Å²) in [5, 5.41) is 0. The smallest absolute Gasteiger partial charge is 0.0512 e. The first-order valence-corrected chi connectivity index (χ1v) is 3.68. The highest BCUT2D eigenvalue weighted by molar-refractivity contribution is 5.79. The largest absolute Gasteiger partial charge is 0.329 e. The monoisotopic (exact) mass is 148 g/mol. The van der Waals surface area contributed by atoms with E-state index in [9.17, 15) is 0 Å². The van der Waals surface area contributed by atoms with Crippen LogP contribution in [0, 0.1) is 0 Å². The van der Waals surface area contributed by atoms with Gasteiger partial charge in [0.1, 0.15) is 0 Å². The Morgan fingerprint density at radius 2 is 2.00 bits per heavy atom. The lowest BCUT2D eigenvalue weighted by atomic mass is 10.2. The van der Waals surface area contributed by atoms with E-state index in [0.717, 1.165) is 5.56 Å². The molecule has 11 heavy (non-hydrogen) atoms. The highest BCUT2D eigenvalue weighted by Crippen LogP contribution is 1.93. The summed E-state index contributed by atoms with van der Waals surface area (Å²) < 4.78 is 0. The van der Waals surface area contributed by atoms with Crippen molar-refractivity contribution < 1.29 is 0 Å². The van der Waals surface area contributed by atoms with Crippen LogP contribution in [0.15, 0.2) is 35.3 Å². The molecule has 2 heteroatoms. The van der Waals surface area contributed by atoms with Crippen molar-refractivity contribution in [1.29, 1.82) is 0 Å². The molecule has 0 aliphatic rings. The minimum Gasteiger partial charge on any atom is -0.329 e. The summed E-state index contributed by atoms with van der Waals surface area (Å²) in [6.07, 6.45) is 1.84. The third-order valence-corrected chi connectivity index (χ3v) is 1.30. The zero-order valence-corrected chi connectivity index (χ0v) is 6.40. The second kappa shape index (κ2) is 4.63. The van der Waals surface area contributed by atoms with E-state index < -0.39 is 0 Å². The van der Waals surface area contributed by atoms with E-state index in [1.807, 2.05) is 36.5 Å². The van der Waals surface area contributed by atoms with Crippen LogP contribution in [0.3, 0.4) is 0 Å². The lowest BCUT2D eigenvalue weighted by molar-refractivity contribution is 0.981. The minimum absolute atomic E-state index is 0.614. The van der Waals surface area contributed by atoms with Gasteiger partial charge in [0.2, 0.25) is 0 Å². The Labute approximate surface area is 66.8 Å². The number of hydrogen-bond donors (Lipinski definition) is 1. The SMILES string of the molecule is NCCN=Cc1ccccc1. The molecule has 0 saturated carbocycles. The van der Waals surface area contributed by atoms with Crippen molar-refractivity contribution in [2.45, 2.75) is 0 Å². The van der Waals surface area contributed by atoms with Gasteiger partial charge < -0.3 is 5.73 Å². The van der Waals surface area contributed by atoms with Gasteiger partial charge in [0.05, 0.1) is 6.54 Å². The summed E-state index contributed by atoms with van der Waals surface area (Å²) in [7, 11) is 0. The Balaban J connectivity index is 2.50. The first-order valence-electron chi connectivity index (χ1n) is 3.68. The molecule has 2 nitrogen and oxygen atoms in total.